The first-order valence-electron chi connectivity index (χ1n) is 6.87. The van der Waals surface area contributed by atoms with Gasteiger partial charge in [0.05, 0.1) is 11.1 Å². The molecule has 0 spiro atoms. The van der Waals surface area contributed by atoms with Crippen LogP contribution in [0.5, 0.6) is 0 Å². The Bertz CT molecular complexity index is 656. The van der Waals surface area contributed by atoms with Gasteiger partial charge in [-0.15, -0.1) is 0 Å². The summed E-state index contributed by atoms with van der Waals surface area (Å²) in [5.74, 6) is -0.179. The zero-order valence-electron chi connectivity index (χ0n) is 12.2. The summed E-state index contributed by atoms with van der Waals surface area (Å²) in [6.45, 7) is 4.59. The molecule has 1 aromatic heterocycles. The molecule has 0 unspecified atom stereocenters. The van der Waals surface area contributed by atoms with Crippen molar-refractivity contribution in [3.05, 3.63) is 41.0 Å². The third-order valence-electron chi connectivity index (χ3n) is 3.45. The van der Waals surface area contributed by atoms with Crippen LogP contribution in [0, 0.1) is 5.41 Å². The van der Waals surface area contributed by atoms with Crippen LogP contribution < -0.4 is 5.32 Å². The van der Waals surface area contributed by atoms with Gasteiger partial charge in [0.1, 0.15) is 5.15 Å². The van der Waals surface area contributed by atoms with Gasteiger partial charge in [0.25, 0.3) is 5.91 Å². The lowest BCUT2D eigenvalue weighted by atomic mass is 9.89. The van der Waals surface area contributed by atoms with Gasteiger partial charge in [-0.1, -0.05) is 43.6 Å². The standard InChI is InChI=1S/C16H19ClN2O2/c1-16(2,7-8-20)10-18-15(21)12-9-14(17)19-13-6-4-3-5-11(12)13/h3-6,9,20H,7-8,10H2,1-2H3,(H,18,21). The number of benzene rings is 1. The first kappa shape index (κ1) is 15.7. The lowest BCUT2D eigenvalue weighted by Gasteiger charge is -2.24. The summed E-state index contributed by atoms with van der Waals surface area (Å²) in [5.41, 5.74) is 1.06. The van der Waals surface area contributed by atoms with E-state index in [0.29, 0.717) is 29.2 Å². The number of aliphatic hydroxyl groups excluding tert-OH is 1. The highest BCUT2D eigenvalue weighted by molar-refractivity contribution is 6.30. The maximum absolute atomic E-state index is 12.4. The van der Waals surface area contributed by atoms with Gasteiger partial charge in [-0.05, 0) is 24.0 Å². The average Bonchev–Trinajstić information content (AvgIpc) is 2.44. The molecule has 0 fully saturated rings. The van der Waals surface area contributed by atoms with Crippen LogP contribution in [0.4, 0.5) is 0 Å². The molecule has 0 radical (unpaired) electrons. The molecule has 0 aliphatic rings. The Morgan fingerprint density at radius 2 is 2.10 bits per heavy atom. The van der Waals surface area contributed by atoms with Crippen molar-refractivity contribution in [1.29, 1.82) is 0 Å². The van der Waals surface area contributed by atoms with E-state index < -0.39 is 0 Å². The van der Waals surface area contributed by atoms with Crippen LogP contribution in [0.25, 0.3) is 10.9 Å². The summed E-state index contributed by atoms with van der Waals surface area (Å²) in [7, 11) is 0. The van der Waals surface area contributed by atoms with E-state index in [-0.39, 0.29) is 17.9 Å². The van der Waals surface area contributed by atoms with E-state index >= 15 is 0 Å². The zero-order chi connectivity index (χ0) is 15.5. The number of nitrogens with one attached hydrogen (secondary N) is 1. The van der Waals surface area contributed by atoms with E-state index in [1.54, 1.807) is 6.07 Å². The monoisotopic (exact) mass is 306 g/mol. The molecule has 1 aromatic carbocycles. The van der Waals surface area contributed by atoms with Crippen LogP contribution in [0.3, 0.4) is 0 Å². The number of para-hydroxylation sites is 1. The minimum Gasteiger partial charge on any atom is -0.396 e. The Labute approximate surface area is 129 Å². The van der Waals surface area contributed by atoms with Gasteiger partial charge in [0.15, 0.2) is 0 Å². The number of rotatable bonds is 5. The van der Waals surface area contributed by atoms with Crippen molar-refractivity contribution in [3.8, 4) is 0 Å². The van der Waals surface area contributed by atoms with Crippen molar-refractivity contribution in [2.75, 3.05) is 13.2 Å². The summed E-state index contributed by atoms with van der Waals surface area (Å²) < 4.78 is 0. The van der Waals surface area contributed by atoms with Crippen molar-refractivity contribution in [1.82, 2.24) is 10.3 Å². The number of carbonyl (C=O) groups is 1. The van der Waals surface area contributed by atoms with E-state index in [0.717, 1.165) is 5.39 Å². The maximum atomic E-state index is 12.4. The van der Waals surface area contributed by atoms with E-state index in [1.165, 1.54) is 0 Å². The quantitative estimate of drug-likeness (QED) is 0.835. The predicted molar refractivity (Wildman–Crippen MR) is 84.6 cm³/mol. The highest BCUT2D eigenvalue weighted by atomic mass is 35.5. The minimum atomic E-state index is -0.179. The fourth-order valence-corrected chi connectivity index (χ4v) is 2.34. The van der Waals surface area contributed by atoms with Crippen LogP contribution in [0.2, 0.25) is 5.15 Å². The lowest BCUT2D eigenvalue weighted by molar-refractivity contribution is 0.0930. The van der Waals surface area contributed by atoms with Crippen molar-refractivity contribution in [3.63, 3.8) is 0 Å². The van der Waals surface area contributed by atoms with Crippen molar-refractivity contribution >= 4 is 28.4 Å². The fourth-order valence-electron chi connectivity index (χ4n) is 2.14. The first-order chi connectivity index (χ1) is 9.93. The van der Waals surface area contributed by atoms with Crippen LogP contribution in [-0.2, 0) is 0 Å². The Morgan fingerprint density at radius 1 is 1.38 bits per heavy atom. The highest BCUT2D eigenvalue weighted by Crippen LogP contribution is 2.22. The third-order valence-corrected chi connectivity index (χ3v) is 3.64. The number of aromatic nitrogens is 1. The fraction of sp³-hybridized carbons (Fsp3) is 0.375. The second-order valence-corrected chi connectivity index (χ2v) is 6.22. The number of hydrogen-bond acceptors (Lipinski definition) is 3. The number of amides is 1. The lowest BCUT2D eigenvalue weighted by Crippen LogP contribution is -2.34. The van der Waals surface area contributed by atoms with Crippen LogP contribution in [0.15, 0.2) is 30.3 Å². The SMILES string of the molecule is CC(C)(CCO)CNC(=O)c1cc(Cl)nc2ccccc12. The number of carbonyl (C=O) groups excluding carboxylic acids is 1. The Morgan fingerprint density at radius 3 is 2.81 bits per heavy atom. The van der Waals surface area contributed by atoms with Crippen molar-refractivity contribution in [2.45, 2.75) is 20.3 Å². The molecule has 21 heavy (non-hydrogen) atoms. The largest absolute Gasteiger partial charge is 0.396 e. The Balaban J connectivity index is 2.24. The average molecular weight is 307 g/mol. The van der Waals surface area contributed by atoms with Gasteiger partial charge < -0.3 is 10.4 Å². The van der Waals surface area contributed by atoms with Gasteiger partial charge in [-0.3, -0.25) is 4.79 Å². The molecular formula is C16H19ClN2O2. The van der Waals surface area contributed by atoms with Gasteiger partial charge in [0.2, 0.25) is 0 Å². The molecule has 1 amide bonds. The molecule has 5 heteroatoms. The summed E-state index contributed by atoms with van der Waals surface area (Å²) in [5, 5.41) is 13.0. The molecule has 0 atom stereocenters. The highest BCUT2D eigenvalue weighted by Gasteiger charge is 2.19. The molecule has 4 nitrogen and oxygen atoms in total. The topological polar surface area (TPSA) is 62.2 Å². The van der Waals surface area contributed by atoms with Crippen molar-refractivity contribution < 1.29 is 9.90 Å². The maximum Gasteiger partial charge on any atom is 0.252 e. The van der Waals surface area contributed by atoms with Gasteiger partial charge in [-0.2, -0.15) is 0 Å². The second-order valence-electron chi connectivity index (χ2n) is 5.83. The number of pyridine rings is 1. The molecule has 0 aliphatic carbocycles. The third kappa shape index (κ3) is 3.93. The number of aliphatic hydroxyl groups is 1. The zero-order valence-corrected chi connectivity index (χ0v) is 12.9. The molecule has 0 bridgehead atoms. The van der Waals surface area contributed by atoms with E-state index in [2.05, 4.69) is 10.3 Å². The molecule has 112 valence electrons. The summed E-state index contributed by atoms with van der Waals surface area (Å²) >= 11 is 5.98. The predicted octanol–water partition coefficient (Wildman–Crippen LogP) is 3.03. The molecule has 0 aliphatic heterocycles. The molecule has 0 saturated heterocycles. The number of fused-ring (bicyclic) bond motifs is 1. The van der Waals surface area contributed by atoms with Gasteiger partial charge in [0, 0.05) is 18.5 Å². The molecule has 2 N–H and O–H groups in total. The minimum absolute atomic E-state index is 0.104. The molecular weight excluding hydrogens is 288 g/mol. The molecule has 0 saturated carbocycles. The molecule has 1 heterocycles. The Hall–Kier alpha value is -1.65. The number of hydrogen-bond donors (Lipinski definition) is 2. The smallest absolute Gasteiger partial charge is 0.252 e. The number of nitrogens with zero attached hydrogens (tertiary/aromatic N) is 1. The molecule has 2 rings (SSSR count). The van der Waals surface area contributed by atoms with Gasteiger partial charge in [-0.25, -0.2) is 4.98 Å². The number of halogens is 1. The summed E-state index contributed by atoms with van der Waals surface area (Å²) in [6.07, 6.45) is 0.630. The normalized spacial score (nSPS) is 11.6. The molecule has 2 aromatic rings. The van der Waals surface area contributed by atoms with E-state index in [1.807, 2.05) is 38.1 Å². The van der Waals surface area contributed by atoms with Crippen LogP contribution >= 0.6 is 11.6 Å². The van der Waals surface area contributed by atoms with Crippen molar-refractivity contribution in [2.24, 2.45) is 5.41 Å². The van der Waals surface area contributed by atoms with Crippen LogP contribution in [-0.4, -0.2) is 29.1 Å². The Kier molecular flexibility index (Phi) is 4.80. The van der Waals surface area contributed by atoms with E-state index in [4.69, 9.17) is 16.7 Å². The van der Waals surface area contributed by atoms with E-state index in [9.17, 15) is 4.79 Å². The summed E-state index contributed by atoms with van der Waals surface area (Å²) in [4.78, 5) is 16.6. The first-order valence-corrected chi connectivity index (χ1v) is 7.25. The van der Waals surface area contributed by atoms with Gasteiger partial charge >= 0.3 is 0 Å². The second kappa shape index (κ2) is 6.41. The summed E-state index contributed by atoms with van der Waals surface area (Å²) in [6, 6.07) is 8.99. The van der Waals surface area contributed by atoms with Crippen LogP contribution in [0.1, 0.15) is 30.6 Å².